The zero-order chi connectivity index (χ0) is 18.6. The molecule has 1 aromatic heterocycles. The van der Waals surface area contributed by atoms with Crippen LogP contribution in [0.25, 0.3) is 10.8 Å². The van der Waals surface area contributed by atoms with Gasteiger partial charge in [0.15, 0.2) is 0 Å². The third-order valence-corrected chi connectivity index (χ3v) is 4.19. The second kappa shape index (κ2) is 7.78. The maximum absolute atomic E-state index is 12.1. The first-order chi connectivity index (χ1) is 11.8. The standard InChI is InChI=1S/C17H22N4O4/c1-9(2)10(3)7-13(22)18-8-14(23)19-12-6-4-5-11-15(12)17(25)21-20-16(11)24/h4-6,9-10H,7-8H2,1-3H3,(H,18,22)(H,19,23)(H,20,24)(H,21,25). The van der Waals surface area contributed by atoms with Crippen LogP contribution in [-0.2, 0) is 9.59 Å². The predicted molar refractivity (Wildman–Crippen MR) is 95.4 cm³/mol. The molecular weight excluding hydrogens is 324 g/mol. The molecule has 0 bridgehead atoms. The molecule has 1 unspecified atom stereocenters. The summed E-state index contributed by atoms with van der Waals surface area (Å²) in [5, 5.41) is 9.84. The molecule has 1 atom stereocenters. The van der Waals surface area contributed by atoms with Crippen molar-refractivity contribution < 1.29 is 9.59 Å². The van der Waals surface area contributed by atoms with Gasteiger partial charge in [-0.15, -0.1) is 0 Å². The number of benzene rings is 1. The van der Waals surface area contributed by atoms with Crippen LogP contribution in [0.5, 0.6) is 0 Å². The fourth-order valence-electron chi connectivity index (χ4n) is 2.31. The van der Waals surface area contributed by atoms with Gasteiger partial charge in [-0.05, 0) is 24.0 Å². The van der Waals surface area contributed by atoms with E-state index in [-0.39, 0.29) is 34.8 Å². The van der Waals surface area contributed by atoms with Gasteiger partial charge in [0.1, 0.15) is 0 Å². The minimum atomic E-state index is -0.514. The Balaban J connectivity index is 2.06. The van der Waals surface area contributed by atoms with Crippen LogP contribution in [0.1, 0.15) is 27.2 Å². The van der Waals surface area contributed by atoms with E-state index in [2.05, 4.69) is 20.8 Å². The fraction of sp³-hybridized carbons (Fsp3) is 0.412. The van der Waals surface area contributed by atoms with Crippen molar-refractivity contribution in [3.8, 4) is 0 Å². The Morgan fingerprint density at radius 2 is 1.72 bits per heavy atom. The number of hydrogen-bond donors (Lipinski definition) is 4. The summed E-state index contributed by atoms with van der Waals surface area (Å²) < 4.78 is 0. The molecule has 0 aliphatic rings. The molecule has 25 heavy (non-hydrogen) atoms. The summed E-state index contributed by atoms with van der Waals surface area (Å²) in [5.74, 6) is -0.0900. The van der Waals surface area contributed by atoms with Crippen molar-refractivity contribution in [1.82, 2.24) is 15.5 Å². The molecule has 0 spiro atoms. The summed E-state index contributed by atoms with van der Waals surface area (Å²) >= 11 is 0. The number of anilines is 1. The maximum Gasteiger partial charge on any atom is 0.272 e. The van der Waals surface area contributed by atoms with Crippen LogP contribution in [0.15, 0.2) is 27.8 Å². The van der Waals surface area contributed by atoms with Crippen LogP contribution in [0.4, 0.5) is 5.69 Å². The Kier molecular flexibility index (Phi) is 5.74. The van der Waals surface area contributed by atoms with E-state index in [4.69, 9.17) is 0 Å². The molecule has 0 aliphatic heterocycles. The SMILES string of the molecule is CC(C)C(C)CC(=O)NCC(=O)Nc1cccc2c(=O)[nH][nH]c(=O)c12. The Morgan fingerprint density at radius 1 is 1.04 bits per heavy atom. The van der Waals surface area contributed by atoms with E-state index in [1.807, 2.05) is 20.8 Å². The summed E-state index contributed by atoms with van der Waals surface area (Å²) in [7, 11) is 0. The van der Waals surface area contributed by atoms with Gasteiger partial charge in [0.05, 0.1) is 23.0 Å². The molecule has 0 aliphatic carbocycles. The molecule has 0 saturated carbocycles. The first-order valence-electron chi connectivity index (χ1n) is 8.09. The number of carbonyl (C=O) groups excluding carboxylic acids is 2. The van der Waals surface area contributed by atoms with Crippen LogP contribution >= 0.6 is 0 Å². The second-order valence-electron chi connectivity index (χ2n) is 6.39. The number of nitrogens with one attached hydrogen (secondary N) is 4. The largest absolute Gasteiger partial charge is 0.347 e. The number of aromatic nitrogens is 2. The average molecular weight is 346 g/mol. The van der Waals surface area contributed by atoms with E-state index in [0.29, 0.717) is 12.3 Å². The van der Waals surface area contributed by atoms with Crippen molar-refractivity contribution >= 4 is 28.3 Å². The number of rotatable bonds is 6. The van der Waals surface area contributed by atoms with Gasteiger partial charge in [0.25, 0.3) is 11.1 Å². The highest BCUT2D eigenvalue weighted by Gasteiger charge is 2.14. The third-order valence-electron chi connectivity index (χ3n) is 4.19. The molecule has 0 saturated heterocycles. The molecule has 1 heterocycles. The number of amides is 2. The van der Waals surface area contributed by atoms with Gasteiger partial charge in [0.2, 0.25) is 11.8 Å². The van der Waals surface area contributed by atoms with E-state index >= 15 is 0 Å². The van der Waals surface area contributed by atoms with Gasteiger partial charge < -0.3 is 10.6 Å². The minimum Gasteiger partial charge on any atom is -0.347 e. The predicted octanol–water partition coefficient (Wildman–Crippen LogP) is 0.953. The highest BCUT2D eigenvalue weighted by atomic mass is 16.2. The van der Waals surface area contributed by atoms with Gasteiger partial charge >= 0.3 is 0 Å². The van der Waals surface area contributed by atoms with E-state index in [9.17, 15) is 19.2 Å². The normalized spacial score (nSPS) is 12.2. The second-order valence-corrected chi connectivity index (χ2v) is 6.39. The molecule has 0 radical (unpaired) electrons. The van der Waals surface area contributed by atoms with Gasteiger partial charge in [-0.2, -0.15) is 0 Å². The minimum absolute atomic E-state index is 0.0966. The van der Waals surface area contributed by atoms with Crippen LogP contribution in [0, 0.1) is 11.8 Å². The summed E-state index contributed by atoms with van der Waals surface area (Å²) in [6.45, 7) is 5.83. The van der Waals surface area contributed by atoms with E-state index in [0.717, 1.165) is 0 Å². The van der Waals surface area contributed by atoms with Crippen molar-refractivity contribution in [2.45, 2.75) is 27.2 Å². The van der Waals surface area contributed by atoms with Crippen molar-refractivity contribution in [3.63, 3.8) is 0 Å². The smallest absolute Gasteiger partial charge is 0.272 e. The lowest BCUT2D eigenvalue weighted by Gasteiger charge is -2.15. The molecule has 134 valence electrons. The van der Waals surface area contributed by atoms with E-state index in [1.54, 1.807) is 6.07 Å². The maximum atomic E-state index is 12.1. The molecule has 4 N–H and O–H groups in total. The van der Waals surface area contributed by atoms with Gasteiger partial charge in [-0.3, -0.25) is 29.4 Å². The lowest BCUT2D eigenvalue weighted by molar-refractivity contribution is -0.125. The van der Waals surface area contributed by atoms with Gasteiger partial charge in [0, 0.05) is 6.42 Å². The summed E-state index contributed by atoms with van der Waals surface area (Å²) in [5.41, 5.74) is -0.749. The lowest BCUT2D eigenvalue weighted by Crippen LogP contribution is -2.34. The van der Waals surface area contributed by atoms with Crippen LogP contribution in [-0.4, -0.2) is 28.6 Å². The number of fused-ring (bicyclic) bond motifs is 1. The molecular formula is C17H22N4O4. The Labute approximate surface area is 144 Å². The number of hydrogen-bond acceptors (Lipinski definition) is 4. The lowest BCUT2D eigenvalue weighted by atomic mass is 9.94. The summed E-state index contributed by atoms with van der Waals surface area (Å²) in [6.07, 6.45) is 0.342. The Hall–Kier alpha value is -2.90. The van der Waals surface area contributed by atoms with Crippen LogP contribution < -0.4 is 21.8 Å². The Morgan fingerprint density at radius 3 is 2.40 bits per heavy atom. The van der Waals surface area contributed by atoms with Crippen LogP contribution in [0.2, 0.25) is 0 Å². The van der Waals surface area contributed by atoms with Crippen molar-refractivity contribution in [2.75, 3.05) is 11.9 Å². The van der Waals surface area contributed by atoms with Crippen molar-refractivity contribution in [3.05, 3.63) is 38.9 Å². The molecule has 0 fully saturated rings. The average Bonchev–Trinajstić information content (AvgIpc) is 2.56. The van der Waals surface area contributed by atoms with Crippen molar-refractivity contribution in [2.24, 2.45) is 11.8 Å². The Bertz CT molecular complexity index is 897. The first-order valence-corrected chi connectivity index (χ1v) is 8.09. The zero-order valence-corrected chi connectivity index (χ0v) is 14.4. The van der Waals surface area contributed by atoms with E-state index in [1.165, 1.54) is 12.1 Å². The van der Waals surface area contributed by atoms with Gasteiger partial charge in [-0.1, -0.05) is 26.8 Å². The first kappa shape index (κ1) is 18.4. The number of H-pyrrole nitrogens is 2. The number of carbonyl (C=O) groups is 2. The number of aromatic amines is 2. The monoisotopic (exact) mass is 346 g/mol. The van der Waals surface area contributed by atoms with Crippen LogP contribution in [0.3, 0.4) is 0 Å². The zero-order valence-electron chi connectivity index (χ0n) is 14.4. The highest BCUT2D eigenvalue weighted by Crippen LogP contribution is 2.16. The fourth-order valence-corrected chi connectivity index (χ4v) is 2.31. The quantitative estimate of drug-likeness (QED) is 0.622. The topological polar surface area (TPSA) is 124 Å². The molecule has 2 amide bonds. The van der Waals surface area contributed by atoms with Gasteiger partial charge in [-0.25, -0.2) is 0 Å². The molecule has 2 aromatic rings. The van der Waals surface area contributed by atoms with Crippen molar-refractivity contribution in [1.29, 1.82) is 0 Å². The third kappa shape index (κ3) is 4.56. The molecule has 8 nitrogen and oxygen atoms in total. The molecule has 1 aromatic carbocycles. The molecule has 2 rings (SSSR count). The molecule has 8 heteroatoms. The highest BCUT2D eigenvalue weighted by molar-refractivity contribution is 6.02. The van der Waals surface area contributed by atoms with E-state index < -0.39 is 17.0 Å². The summed E-state index contributed by atoms with van der Waals surface area (Å²) in [4.78, 5) is 47.6. The summed E-state index contributed by atoms with van der Waals surface area (Å²) in [6, 6.07) is 4.58.